The molecule has 0 spiro atoms. The van der Waals surface area contributed by atoms with Crippen LogP contribution in [-0.4, -0.2) is 48.1 Å². The van der Waals surface area contributed by atoms with Crippen molar-refractivity contribution in [3.05, 3.63) is 58.6 Å². The fourth-order valence-electron chi connectivity index (χ4n) is 4.78. The van der Waals surface area contributed by atoms with Crippen LogP contribution in [0.25, 0.3) is 0 Å². The van der Waals surface area contributed by atoms with Gasteiger partial charge < -0.3 is 4.74 Å². The van der Waals surface area contributed by atoms with Gasteiger partial charge in [0.1, 0.15) is 11.8 Å². The van der Waals surface area contributed by atoms with Gasteiger partial charge in [-0.1, -0.05) is 24.3 Å². The highest BCUT2D eigenvalue weighted by Crippen LogP contribution is 2.49. The summed E-state index contributed by atoms with van der Waals surface area (Å²) in [4.78, 5) is 28.2. The maximum atomic E-state index is 13.5. The topological polar surface area (TPSA) is 53.1 Å². The highest BCUT2D eigenvalue weighted by atomic mass is 79.9. The molecule has 3 saturated heterocycles. The second kappa shape index (κ2) is 6.69. The third-order valence-corrected chi connectivity index (χ3v) is 6.63. The van der Waals surface area contributed by atoms with Crippen LogP contribution in [0.3, 0.4) is 0 Å². The van der Waals surface area contributed by atoms with Crippen LogP contribution in [0.5, 0.6) is 5.75 Å². The van der Waals surface area contributed by atoms with E-state index in [9.17, 15) is 9.59 Å². The number of imide groups is 1. The Labute approximate surface area is 171 Å². The molecule has 3 aliphatic heterocycles. The van der Waals surface area contributed by atoms with E-state index in [1.165, 1.54) is 4.90 Å². The average molecular weight is 442 g/mol. The van der Waals surface area contributed by atoms with Gasteiger partial charge in [-0.2, -0.15) is 0 Å². The molecule has 0 aliphatic carbocycles. The molecule has 0 radical (unpaired) electrons. The van der Waals surface area contributed by atoms with E-state index in [0.717, 1.165) is 35.3 Å². The summed E-state index contributed by atoms with van der Waals surface area (Å²) in [5.41, 5.74) is 1.65. The van der Waals surface area contributed by atoms with Crippen molar-refractivity contribution in [3.63, 3.8) is 0 Å². The van der Waals surface area contributed by atoms with Crippen LogP contribution in [0.15, 0.2) is 53.0 Å². The maximum absolute atomic E-state index is 13.5. The number of carbonyl (C=O) groups is 2. The Hall–Kier alpha value is -2.22. The molecule has 0 aromatic heterocycles. The first-order chi connectivity index (χ1) is 13.6. The fraction of sp³-hybridized carbons (Fsp3) is 0.333. The normalized spacial score (nSPS) is 27.4. The van der Waals surface area contributed by atoms with Gasteiger partial charge in [0.15, 0.2) is 0 Å². The van der Waals surface area contributed by atoms with Crippen molar-refractivity contribution in [1.82, 2.24) is 10.0 Å². The molecule has 3 heterocycles. The number of rotatable bonds is 3. The first kappa shape index (κ1) is 17.8. The predicted octanol–water partition coefficient (Wildman–Crippen LogP) is 2.99. The van der Waals surface area contributed by atoms with Crippen molar-refractivity contribution in [1.29, 1.82) is 0 Å². The summed E-state index contributed by atoms with van der Waals surface area (Å²) < 4.78 is 6.02. The van der Waals surface area contributed by atoms with E-state index in [2.05, 4.69) is 25.9 Å². The van der Waals surface area contributed by atoms with Gasteiger partial charge in [0.25, 0.3) is 5.91 Å². The standard InChI is InChI=1S/C21H20BrN3O3/c1-28-14-9-7-13(8-10-14)18-17-19(24-12-4-11-23(18)24)21(27)25(20(17)26)16-6-3-2-5-15(16)22/h2-3,5-10,17-19H,4,11-12H2,1H3/t17-,18+,19+/m0/s1. The molecular formula is C21H20BrN3O3. The number of hydrogen-bond acceptors (Lipinski definition) is 5. The van der Waals surface area contributed by atoms with Crippen molar-refractivity contribution >= 4 is 33.4 Å². The number of anilines is 1. The van der Waals surface area contributed by atoms with Crippen LogP contribution in [-0.2, 0) is 9.59 Å². The van der Waals surface area contributed by atoms with Gasteiger partial charge >= 0.3 is 0 Å². The fourth-order valence-corrected chi connectivity index (χ4v) is 5.25. The third-order valence-electron chi connectivity index (χ3n) is 5.96. The first-order valence-corrected chi connectivity index (χ1v) is 10.2. The second-order valence-electron chi connectivity index (χ2n) is 7.33. The third kappa shape index (κ3) is 2.46. The monoisotopic (exact) mass is 441 g/mol. The van der Waals surface area contributed by atoms with E-state index >= 15 is 0 Å². The summed E-state index contributed by atoms with van der Waals surface area (Å²) in [6.45, 7) is 1.66. The van der Waals surface area contributed by atoms with Crippen molar-refractivity contribution in [2.75, 3.05) is 25.1 Å². The summed E-state index contributed by atoms with van der Waals surface area (Å²) in [7, 11) is 1.64. The lowest BCUT2D eigenvalue weighted by Gasteiger charge is -2.30. The molecule has 0 unspecified atom stereocenters. The molecule has 28 heavy (non-hydrogen) atoms. The zero-order valence-electron chi connectivity index (χ0n) is 15.4. The van der Waals surface area contributed by atoms with Gasteiger partial charge in [-0.3, -0.25) is 9.59 Å². The van der Waals surface area contributed by atoms with Gasteiger partial charge in [-0.25, -0.2) is 14.9 Å². The molecule has 6 nitrogen and oxygen atoms in total. The number of hydrogen-bond donors (Lipinski definition) is 0. The summed E-state index contributed by atoms with van der Waals surface area (Å²) in [5, 5.41) is 4.32. The summed E-state index contributed by atoms with van der Waals surface area (Å²) in [6, 6.07) is 14.6. The number of para-hydroxylation sites is 1. The zero-order valence-corrected chi connectivity index (χ0v) is 17.0. The number of nitrogens with zero attached hydrogens (tertiary/aromatic N) is 3. The van der Waals surface area contributed by atoms with Crippen LogP contribution in [0.2, 0.25) is 0 Å². The lowest BCUT2D eigenvalue weighted by molar-refractivity contribution is -0.126. The minimum absolute atomic E-state index is 0.128. The minimum atomic E-state index is -0.436. The maximum Gasteiger partial charge on any atom is 0.253 e. The number of carbonyl (C=O) groups excluding carboxylic acids is 2. The molecular weight excluding hydrogens is 422 g/mol. The number of hydrazine groups is 1. The molecule has 2 aromatic carbocycles. The molecule has 2 amide bonds. The molecule has 3 aliphatic rings. The van der Waals surface area contributed by atoms with Gasteiger partial charge in [-0.05, 0) is 52.2 Å². The smallest absolute Gasteiger partial charge is 0.253 e. The Morgan fingerprint density at radius 1 is 0.929 bits per heavy atom. The number of methoxy groups -OCH3 is 1. The van der Waals surface area contributed by atoms with Crippen molar-refractivity contribution in [2.24, 2.45) is 5.92 Å². The Bertz CT molecular complexity index is 948. The Morgan fingerprint density at radius 3 is 2.29 bits per heavy atom. The molecule has 2 aromatic rings. The van der Waals surface area contributed by atoms with E-state index in [4.69, 9.17) is 4.74 Å². The Balaban J connectivity index is 1.58. The van der Waals surface area contributed by atoms with Crippen molar-refractivity contribution in [2.45, 2.75) is 18.5 Å². The number of halogens is 1. The van der Waals surface area contributed by atoms with Crippen molar-refractivity contribution in [3.8, 4) is 5.75 Å². The van der Waals surface area contributed by atoms with Gasteiger partial charge in [-0.15, -0.1) is 0 Å². The SMILES string of the molecule is COc1ccc([C@@H]2[C@@H]3C(=O)N(c4ccccc4Br)C(=O)[C@@H]3N3CCCN23)cc1. The van der Waals surface area contributed by atoms with Crippen LogP contribution in [0.4, 0.5) is 5.69 Å². The van der Waals surface area contributed by atoms with Gasteiger partial charge in [0.05, 0.1) is 24.8 Å². The highest BCUT2D eigenvalue weighted by molar-refractivity contribution is 9.10. The van der Waals surface area contributed by atoms with E-state index < -0.39 is 12.0 Å². The molecule has 144 valence electrons. The Morgan fingerprint density at radius 2 is 1.61 bits per heavy atom. The van der Waals surface area contributed by atoms with Gasteiger partial charge in [0.2, 0.25) is 5.91 Å². The Kier molecular flexibility index (Phi) is 4.26. The largest absolute Gasteiger partial charge is 0.497 e. The molecule has 0 N–H and O–H groups in total. The van der Waals surface area contributed by atoms with E-state index in [1.807, 2.05) is 48.5 Å². The number of fused-ring (bicyclic) bond motifs is 3. The van der Waals surface area contributed by atoms with Gasteiger partial charge in [0, 0.05) is 17.6 Å². The highest BCUT2D eigenvalue weighted by Gasteiger charge is 2.62. The minimum Gasteiger partial charge on any atom is -0.497 e. The quantitative estimate of drug-likeness (QED) is 0.685. The summed E-state index contributed by atoms with van der Waals surface area (Å²) in [6.07, 6.45) is 0.992. The van der Waals surface area contributed by atoms with Crippen LogP contribution in [0.1, 0.15) is 18.0 Å². The van der Waals surface area contributed by atoms with Crippen LogP contribution >= 0.6 is 15.9 Å². The molecule has 3 atom stereocenters. The second-order valence-corrected chi connectivity index (χ2v) is 8.19. The van der Waals surface area contributed by atoms with E-state index in [1.54, 1.807) is 7.11 Å². The molecule has 0 bridgehead atoms. The predicted molar refractivity (Wildman–Crippen MR) is 108 cm³/mol. The lowest BCUT2D eigenvalue weighted by atomic mass is 9.90. The number of amides is 2. The van der Waals surface area contributed by atoms with Crippen molar-refractivity contribution < 1.29 is 14.3 Å². The molecule has 3 fully saturated rings. The molecule has 0 saturated carbocycles. The summed E-state index contributed by atoms with van der Waals surface area (Å²) >= 11 is 3.49. The average Bonchev–Trinajstić information content (AvgIpc) is 3.35. The van der Waals surface area contributed by atoms with Crippen LogP contribution < -0.4 is 9.64 Å². The lowest BCUT2D eigenvalue weighted by Crippen LogP contribution is -2.44. The molecule has 5 rings (SSSR count). The molecule has 7 heteroatoms. The number of ether oxygens (including phenoxy) is 1. The van der Waals surface area contributed by atoms with E-state index in [-0.39, 0.29) is 17.9 Å². The van der Waals surface area contributed by atoms with E-state index in [0.29, 0.717) is 5.69 Å². The zero-order chi connectivity index (χ0) is 19.4. The number of benzene rings is 2. The first-order valence-electron chi connectivity index (χ1n) is 9.41. The summed E-state index contributed by atoms with van der Waals surface area (Å²) in [5.74, 6) is 0.107. The van der Waals surface area contributed by atoms with Crippen LogP contribution in [0, 0.1) is 5.92 Å².